The molecule has 0 aliphatic heterocycles. The minimum atomic E-state index is -0.141. The third-order valence-corrected chi connectivity index (χ3v) is 2.70. The van der Waals surface area contributed by atoms with Gasteiger partial charge in [-0.2, -0.15) is 0 Å². The molecule has 1 aromatic rings. The number of aromatic hydroxyl groups is 1. The van der Waals surface area contributed by atoms with E-state index in [2.05, 4.69) is 0 Å². The van der Waals surface area contributed by atoms with Gasteiger partial charge in [0, 0.05) is 25.3 Å². The molecule has 1 rings (SSSR count). The first-order valence-electron chi connectivity index (χ1n) is 5.85. The Bertz CT molecular complexity index is 419. The van der Waals surface area contributed by atoms with Gasteiger partial charge in [-0.05, 0) is 32.0 Å². The van der Waals surface area contributed by atoms with Crippen molar-refractivity contribution < 1.29 is 14.6 Å². The summed E-state index contributed by atoms with van der Waals surface area (Å²) in [5, 5.41) is 9.53. The zero-order chi connectivity index (χ0) is 13.7. The maximum Gasteiger partial charge on any atom is 0.254 e. The van der Waals surface area contributed by atoms with Crippen LogP contribution in [-0.4, -0.2) is 42.2 Å². The highest BCUT2D eigenvalue weighted by atomic mass is 16.5. The minimum absolute atomic E-state index is 0.0624. The molecule has 0 aliphatic carbocycles. The number of anilines is 1. The topological polar surface area (TPSA) is 75.8 Å². The van der Waals surface area contributed by atoms with Gasteiger partial charge in [0.2, 0.25) is 0 Å². The molecule has 0 spiro atoms. The van der Waals surface area contributed by atoms with Crippen LogP contribution in [-0.2, 0) is 4.74 Å². The molecular weight excluding hydrogens is 232 g/mol. The first-order valence-corrected chi connectivity index (χ1v) is 5.85. The molecule has 5 heteroatoms. The smallest absolute Gasteiger partial charge is 0.254 e. The van der Waals surface area contributed by atoms with Crippen LogP contribution < -0.4 is 5.73 Å². The number of nitrogens with two attached hydrogens (primary N) is 1. The zero-order valence-corrected chi connectivity index (χ0v) is 11.0. The van der Waals surface area contributed by atoms with E-state index < -0.39 is 0 Å². The molecule has 5 nitrogen and oxygen atoms in total. The van der Waals surface area contributed by atoms with Crippen LogP contribution in [0.2, 0.25) is 0 Å². The van der Waals surface area contributed by atoms with Crippen LogP contribution in [0.1, 0.15) is 24.2 Å². The van der Waals surface area contributed by atoms with Crippen molar-refractivity contribution in [3.8, 4) is 5.75 Å². The Morgan fingerprint density at radius 1 is 1.50 bits per heavy atom. The highest BCUT2D eigenvalue weighted by molar-refractivity contribution is 5.95. The summed E-state index contributed by atoms with van der Waals surface area (Å²) in [7, 11) is 1.60. The first-order chi connectivity index (χ1) is 8.47. The fourth-order valence-electron chi connectivity index (χ4n) is 1.63. The lowest BCUT2D eigenvalue weighted by Crippen LogP contribution is -2.39. The summed E-state index contributed by atoms with van der Waals surface area (Å²) < 4.78 is 4.99. The molecule has 0 radical (unpaired) electrons. The lowest BCUT2D eigenvalue weighted by atomic mass is 10.1. The molecule has 0 bridgehead atoms. The standard InChI is InChI=1S/C13H20N2O3/c1-9(2)15(6-7-18-3)13(17)10-4-5-11(14)12(16)8-10/h4-5,8-9,16H,6-7,14H2,1-3H3. The van der Waals surface area contributed by atoms with Gasteiger partial charge in [0.15, 0.2) is 0 Å². The van der Waals surface area contributed by atoms with E-state index in [0.29, 0.717) is 18.7 Å². The Kier molecular flexibility index (Phi) is 4.97. The third kappa shape index (κ3) is 3.37. The number of ether oxygens (including phenoxy) is 1. The summed E-state index contributed by atoms with van der Waals surface area (Å²) in [5.41, 5.74) is 6.20. The molecule has 0 saturated heterocycles. The van der Waals surface area contributed by atoms with Gasteiger partial charge in [0.1, 0.15) is 5.75 Å². The van der Waals surface area contributed by atoms with Gasteiger partial charge >= 0.3 is 0 Å². The Morgan fingerprint density at radius 2 is 2.17 bits per heavy atom. The van der Waals surface area contributed by atoms with E-state index in [-0.39, 0.29) is 23.4 Å². The molecule has 3 N–H and O–H groups in total. The number of carbonyl (C=O) groups is 1. The van der Waals surface area contributed by atoms with Crippen molar-refractivity contribution in [2.75, 3.05) is 26.0 Å². The summed E-state index contributed by atoms with van der Waals surface area (Å²) in [6, 6.07) is 4.59. The number of carbonyl (C=O) groups excluding carboxylic acids is 1. The van der Waals surface area contributed by atoms with Crippen LogP contribution in [0.3, 0.4) is 0 Å². The van der Waals surface area contributed by atoms with Gasteiger partial charge < -0.3 is 20.5 Å². The van der Waals surface area contributed by atoms with E-state index in [1.54, 1.807) is 18.1 Å². The monoisotopic (exact) mass is 252 g/mol. The first kappa shape index (κ1) is 14.3. The maximum atomic E-state index is 12.3. The fraction of sp³-hybridized carbons (Fsp3) is 0.462. The van der Waals surface area contributed by atoms with Crippen molar-refractivity contribution in [3.63, 3.8) is 0 Å². The average Bonchev–Trinajstić information content (AvgIpc) is 2.32. The molecule has 0 unspecified atom stereocenters. The van der Waals surface area contributed by atoms with Gasteiger partial charge in [-0.3, -0.25) is 4.79 Å². The van der Waals surface area contributed by atoms with Gasteiger partial charge in [0.05, 0.1) is 12.3 Å². The normalized spacial score (nSPS) is 10.7. The van der Waals surface area contributed by atoms with Crippen LogP contribution in [0.5, 0.6) is 5.75 Å². The molecule has 0 aliphatic rings. The second-order valence-corrected chi connectivity index (χ2v) is 4.36. The lowest BCUT2D eigenvalue weighted by molar-refractivity contribution is 0.0634. The number of hydrogen-bond donors (Lipinski definition) is 2. The van der Waals surface area contributed by atoms with Crippen molar-refractivity contribution in [1.29, 1.82) is 0 Å². The van der Waals surface area contributed by atoms with E-state index in [9.17, 15) is 9.90 Å². The third-order valence-electron chi connectivity index (χ3n) is 2.70. The summed E-state index contributed by atoms with van der Waals surface area (Å²) in [4.78, 5) is 14.0. The van der Waals surface area contributed by atoms with E-state index >= 15 is 0 Å². The van der Waals surface area contributed by atoms with Crippen LogP contribution in [0.15, 0.2) is 18.2 Å². The molecule has 0 saturated carbocycles. The number of phenolic OH excluding ortho intramolecular Hbond substituents is 1. The van der Waals surface area contributed by atoms with Crippen LogP contribution >= 0.6 is 0 Å². The zero-order valence-electron chi connectivity index (χ0n) is 11.0. The van der Waals surface area contributed by atoms with Crippen molar-refractivity contribution in [3.05, 3.63) is 23.8 Å². The average molecular weight is 252 g/mol. The number of rotatable bonds is 5. The van der Waals surface area contributed by atoms with Gasteiger partial charge in [-0.25, -0.2) is 0 Å². The van der Waals surface area contributed by atoms with E-state index in [1.165, 1.54) is 12.1 Å². The number of methoxy groups -OCH3 is 1. The number of hydrogen-bond acceptors (Lipinski definition) is 4. The van der Waals surface area contributed by atoms with Crippen molar-refractivity contribution >= 4 is 11.6 Å². The highest BCUT2D eigenvalue weighted by Gasteiger charge is 2.19. The lowest BCUT2D eigenvalue weighted by Gasteiger charge is -2.26. The molecular formula is C13H20N2O3. The van der Waals surface area contributed by atoms with Crippen LogP contribution in [0.25, 0.3) is 0 Å². The summed E-state index contributed by atoms with van der Waals surface area (Å²) in [6.07, 6.45) is 0. The molecule has 100 valence electrons. The maximum absolute atomic E-state index is 12.3. The molecule has 0 atom stereocenters. The van der Waals surface area contributed by atoms with E-state index in [1.807, 2.05) is 13.8 Å². The second kappa shape index (κ2) is 6.26. The fourth-order valence-corrected chi connectivity index (χ4v) is 1.63. The molecule has 18 heavy (non-hydrogen) atoms. The Hall–Kier alpha value is -1.75. The Balaban J connectivity index is 2.91. The number of phenols is 1. The molecule has 0 heterocycles. The minimum Gasteiger partial charge on any atom is -0.506 e. The predicted octanol–water partition coefficient (Wildman–Crippen LogP) is 1.47. The molecule has 1 aromatic carbocycles. The molecule has 0 aromatic heterocycles. The summed E-state index contributed by atoms with van der Waals surface area (Å²) in [6.45, 7) is 4.86. The number of benzene rings is 1. The Morgan fingerprint density at radius 3 is 2.67 bits per heavy atom. The van der Waals surface area contributed by atoms with Crippen LogP contribution in [0, 0.1) is 0 Å². The number of nitrogen functional groups attached to an aromatic ring is 1. The van der Waals surface area contributed by atoms with Crippen molar-refractivity contribution in [1.82, 2.24) is 4.90 Å². The highest BCUT2D eigenvalue weighted by Crippen LogP contribution is 2.22. The second-order valence-electron chi connectivity index (χ2n) is 4.36. The summed E-state index contributed by atoms with van der Waals surface area (Å²) in [5.74, 6) is -0.214. The largest absolute Gasteiger partial charge is 0.506 e. The van der Waals surface area contributed by atoms with Gasteiger partial charge in [-0.1, -0.05) is 0 Å². The SMILES string of the molecule is COCCN(C(=O)c1ccc(N)c(O)c1)C(C)C. The van der Waals surface area contributed by atoms with E-state index in [4.69, 9.17) is 10.5 Å². The quantitative estimate of drug-likeness (QED) is 0.614. The number of amides is 1. The predicted molar refractivity (Wildman–Crippen MR) is 70.6 cm³/mol. The Labute approximate surface area is 107 Å². The van der Waals surface area contributed by atoms with Gasteiger partial charge in [0.25, 0.3) is 5.91 Å². The van der Waals surface area contributed by atoms with Crippen molar-refractivity contribution in [2.45, 2.75) is 19.9 Å². The van der Waals surface area contributed by atoms with Crippen LogP contribution in [0.4, 0.5) is 5.69 Å². The van der Waals surface area contributed by atoms with Gasteiger partial charge in [-0.15, -0.1) is 0 Å². The van der Waals surface area contributed by atoms with Crippen molar-refractivity contribution in [2.24, 2.45) is 0 Å². The molecule has 1 amide bonds. The summed E-state index contributed by atoms with van der Waals surface area (Å²) >= 11 is 0. The number of nitrogens with zero attached hydrogens (tertiary/aromatic N) is 1. The van der Waals surface area contributed by atoms with E-state index in [0.717, 1.165) is 0 Å². The molecule has 0 fully saturated rings.